The van der Waals surface area contributed by atoms with Gasteiger partial charge in [0.2, 0.25) is 0 Å². The van der Waals surface area contributed by atoms with Gasteiger partial charge >= 0.3 is 0 Å². The molecule has 0 spiro atoms. The smallest absolute Gasteiger partial charge is 0.193 e. The topological polar surface area (TPSA) is 75.6 Å². The highest BCUT2D eigenvalue weighted by Gasteiger charge is 2.15. The molecule has 0 aliphatic rings. The summed E-state index contributed by atoms with van der Waals surface area (Å²) < 4.78 is 3.89. The van der Waals surface area contributed by atoms with Crippen molar-refractivity contribution >= 4 is 35.6 Å². The van der Waals surface area contributed by atoms with Crippen molar-refractivity contribution in [1.29, 1.82) is 0 Å². The number of fused-ring (bicyclic) bond motifs is 1. The minimum atomic E-state index is 0. The van der Waals surface area contributed by atoms with Gasteiger partial charge in [0.25, 0.3) is 0 Å². The van der Waals surface area contributed by atoms with Crippen molar-refractivity contribution in [3.8, 4) is 0 Å². The lowest BCUT2D eigenvalue weighted by Crippen LogP contribution is -2.39. The molecule has 0 radical (unpaired) electrons. The van der Waals surface area contributed by atoms with Crippen LogP contribution < -0.4 is 5.32 Å². The lowest BCUT2D eigenvalue weighted by Gasteiger charge is -2.22. The second-order valence-corrected chi connectivity index (χ2v) is 6.99. The van der Waals surface area contributed by atoms with Crippen LogP contribution in [0.1, 0.15) is 36.8 Å². The summed E-state index contributed by atoms with van der Waals surface area (Å²) in [5.41, 5.74) is 3.22. The number of nitrogens with one attached hydrogen (secondary N) is 1. The molecule has 0 atom stereocenters. The van der Waals surface area contributed by atoms with E-state index in [9.17, 15) is 0 Å². The minimum absolute atomic E-state index is 0. The van der Waals surface area contributed by atoms with E-state index in [-0.39, 0.29) is 24.0 Å². The Labute approximate surface area is 183 Å². The van der Waals surface area contributed by atoms with Crippen LogP contribution >= 0.6 is 24.0 Å². The molecule has 152 valence electrons. The first-order valence-corrected chi connectivity index (χ1v) is 9.22. The molecule has 0 aromatic carbocycles. The first kappa shape index (κ1) is 22.1. The Morgan fingerprint density at radius 1 is 1.29 bits per heavy atom. The van der Waals surface area contributed by atoms with Gasteiger partial charge in [0.1, 0.15) is 5.82 Å². The van der Waals surface area contributed by atoms with Crippen LogP contribution in [0.15, 0.2) is 35.6 Å². The molecule has 0 aliphatic carbocycles. The fourth-order valence-corrected chi connectivity index (χ4v) is 3.23. The highest BCUT2D eigenvalue weighted by atomic mass is 127. The zero-order valence-electron chi connectivity index (χ0n) is 17.1. The van der Waals surface area contributed by atoms with Gasteiger partial charge in [-0.3, -0.25) is 14.1 Å². The number of aliphatic imine (C=N–C) groups is 1. The first-order valence-electron chi connectivity index (χ1n) is 9.22. The molecule has 3 aromatic heterocycles. The Morgan fingerprint density at radius 3 is 2.79 bits per heavy atom. The number of rotatable bonds is 6. The second-order valence-electron chi connectivity index (χ2n) is 6.99. The standard InChI is InChI=1S/C19H28N8.HI/c1-14(2)18-15(13-26(5)24-18)12-25(4)19(20-3)21-10-9-17-23-22-16-8-6-7-11-27(16)17;/h6-8,11,13-14H,9-10,12H2,1-5H3,(H,20,21);1H. The van der Waals surface area contributed by atoms with Crippen LogP contribution in [-0.2, 0) is 20.0 Å². The van der Waals surface area contributed by atoms with Crippen molar-refractivity contribution in [2.75, 3.05) is 20.6 Å². The average Bonchev–Trinajstić information content (AvgIpc) is 3.22. The monoisotopic (exact) mass is 496 g/mol. The Hall–Kier alpha value is -2.17. The van der Waals surface area contributed by atoms with Crippen LogP contribution in [0.3, 0.4) is 0 Å². The summed E-state index contributed by atoms with van der Waals surface area (Å²) in [4.78, 5) is 6.52. The third kappa shape index (κ3) is 5.00. The summed E-state index contributed by atoms with van der Waals surface area (Å²) in [6, 6.07) is 5.91. The highest BCUT2D eigenvalue weighted by molar-refractivity contribution is 14.0. The molecule has 0 aliphatic heterocycles. The molecule has 8 nitrogen and oxygen atoms in total. The number of hydrogen-bond acceptors (Lipinski definition) is 4. The average molecular weight is 496 g/mol. The van der Waals surface area contributed by atoms with Crippen LogP contribution in [-0.4, -0.2) is 55.9 Å². The first-order chi connectivity index (χ1) is 13.0. The van der Waals surface area contributed by atoms with Gasteiger partial charge in [-0.1, -0.05) is 19.9 Å². The van der Waals surface area contributed by atoms with Crippen molar-refractivity contribution in [2.24, 2.45) is 12.0 Å². The SMILES string of the molecule is CN=C(NCCc1nnc2ccccn12)N(C)Cc1cn(C)nc1C(C)C.I. The number of pyridine rings is 1. The molecule has 0 bridgehead atoms. The molecular formula is C19H29IN8. The summed E-state index contributed by atoms with van der Waals surface area (Å²) in [5.74, 6) is 2.18. The van der Waals surface area contributed by atoms with Gasteiger partial charge in [-0.05, 0) is 18.1 Å². The van der Waals surface area contributed by atoms with Gasteiger partial charge in [0.05, 0.1) is 5.69 Å². The van der Waals surface area contributed by atoms with Crippen LogP contribution in [0.25, 0.3) is 5.65 Å². The van der Waals surface area contributed by atoms with Gasteiger partial charge in [-0.2, -0.15) is 5.10 Å². The predicted molar refractivity (Wildman–Crippen MR) is 122 cm³/mol. The maximum absolute atomic E-state index is 4.58. The molecule has 3 heterocycles. The van der Waals surface area contributed by atoms with Crippen molar-refractivity contribution < 1.29 is 0 Å². The lowest BCUT2D eigenvalue weighted by molar-refractivity contribution is 0.473. The van der Waals surface area contributed by atoms with E-state index in [1.54, 1.807) is 7.05 Å². The number of guanidine groups is 1. The molecule has 3 aromatic rings. The maximum Gasteiger partial charge on any atom is 0.193 e. The third-order valence-corrected chi connectivity index (χ3v) is 4.48. The van der Waals surface area contributed by atoms with Crippen molar-refractivity contribution in [2.45, 2.75) is 32.7 Å². The highest BCUT2D eigenvalue weighted by Crippen LogP contribution is 2.18. The van der Waals surface area contributed by atoms with E-state index in [1.807, 2.05) is 47.6 Å². The zero-order chi connectivity index (χ0) is 19.4. The van der Waals surface area contributed by atoms with Crippen molar-refractivity contribution in [3.63, 3.8) is 0 Å². The Morgan fingerprint density at radius 2 is 2.07 bits per heavy atom. The quantitative estimate of drug-likeness (QED) is 0.323. The summed E-state index contributed by atoms with van der Waals surface area (Å²) >= 11 is 0. The normalized spacial score (nSPS) is 11.7. The van der Waals surface area contributed by atoms with Crippen molar-refractivity contribution in [3.05, 3.63) is 47.7 Å². The van der Waals surface area contributed by atoms with Crippen molar-refractivity contribution in [1.82, 2.24) is 34.6 Å². The van der Waals surface area contributed by atoms with Crippen LogP contribution in [0.4, 0.5) is 0 Å². The molecule has 0 amide bonds. The number of halogens is 1. The Bertz CT molecular complexity index is 927. The minimum Gasteiger partial charge on any atom is -0.356 e. The second kappa shape index (κ2) is 9.85. The fraction of sp³-hybridized carbons (Fsp3) is 0.474. The van der Waals surface area contributed by atoms with Gasteiger partial charge in [-0.15, -0.1) is 34.2 Å². The van der Waals surface area contributed by atoms with Crippen LogP contribution in [0, 0.1) is 0 Å². The van der Waals surface area contributed by atoms with Gasteiger partial charge in [0, 0.05) is 58.6 Å². The molecule has 1 N–H and O–H groups in total. The third-order valence-electron chi connectivity index (χ3n) is 4.48. The number of aromatic nitrogens is 5. The van der Waals surface area contributed by atoms with E-state index in [4.69, 9.17) is 0 Å². The molecule has 0 saturated carbocycles. The molecule has 9 heteroatoms. The van der Waals surface area contributed by atoms with Gasteiger partial charge in [0.15, 0.2) is 11.6 Å². The number of hydrogen-bond donors (Lipinski definition) is 1. The molecule has 0 unspecified atom stereocenters. The maximum atomic E-state index is 4.58. The molecule has 3 rings (SSSR count). The molecule has 0 saturated heterocycles. The van der Waals surface area contributed by atoms with E-state index < -0.39 is 0 Å². The molecule has 28 heavy (non-hydrogen) atoms. The lowest BCUT2D eigenvalue weighted by atomic mass is 10.1. The molecular weight excluding hydrogens is 467 g/mol. The van der Waals surface area contributed by atoms with E-state index in [0.717, 1.165) is 42.6 Å². The number of aryl methyl sites for hydroxylation is 1. The Kier molecular flexibility index (Phi) is 7.78. The summed E-state index contributed by atoms with van der Waals surface area (Å²) in [7, 11) is 5.81. The number of nitrogens with zero attached hydrogens (tertiary/aromatic N) is 7. The van der Waals surface area contributed by atoms with Gasteiger partial charge < -0.3 is 10.2 Å². The van der Waals surface area contributed by atoms with Gasteiger partial charge in [-0.25, -0.2) is 0 Å². The Balaban J connectivity index is 0.00000280. The van der Waals surface area contributed by atoms with Crippen LogP contribution in [0.2, 0.25) is 0 Å². The summed E-state index contributed by atoms with van der Waals surface area (Å²) in [6.07, 6.45) is 4.84. The zero-order valence-corrected chi connectivity index (χ0v) is 19.5. The van der Waals surface area contributed by atoms with E-state index >= 15 is 0 Å². The molecule has 0 fully saturated rings. The predicted octanol–water partition coefficient (Wildman–Crippen LogP) is 2.45. The largest absolute Gasteiger partial charge is 0.356 e. The van der Waals surface area contributed by atoms with E-state index in [1.165, 1.54) is 5.56 Å². The summed E-state index contributed by atoms with van der Waals surface area (Å²) in [6.45, 7) is 5.83. The van der Waals surface area contributed by atoms with Crippen LogP contribution in [0.5, 0.6) is 0 Å². The van der Waals surface area contributed by atoms with E-state index in [0.29, 0.717) is 5.92 Å². The summed E-state index contributed by atoms with van der Waals surface area (Å²) in [5, 5.41) is 16.5. The van der Waals surface area contributed by atoms with E-state index in [2.05, 4.69) is 50.5 Å². The fourth-order valence-electron chi connectivity index (χ4n) is 3.23.